The molecule has 0 fully saturated rings. The lowest BCUT2D eigenvalue weighted by Gasteiger charge is -2.36. The molecule has 0 spiro atoms. The Bertz CT molecular complexity index is 381. The van der Waals surface area contributed by atoms with Gasteiger partial charge in [0.15, 0.2) is 0 Å². The van der Waals surface area contributed by atoms with Crippen LogP contribution < -0.4 is 5.32 Å². The zero-order valence-corrected chi connectivity index (χ0v) is 12.6. The van der Waals surface area contributed by atoms with Gasteiger partial charge < -0.3 is 10.1 Å². The first-order chi connectivity index (χ1) is 8.29. The van der Waals surface area contributed by atoms with E-state index >= 15 is 0 Å². The molecule has 0 aliphatic rings. The van der Waals surface area contributed by atoms with Crippen molar-refractivity contribution in [2.45, 2.75) is 58.7 Å². The minimum atomic E-state index is -0.120. The normalized spacial score (nSPS) is 15.2. The monoisotopic (exact) mass is 249 g/mol. The molecular formula is C16H27NO. The first kappa shape index (κ1) is 15.0. The van der Waals surface area contributed by atoms with Gasteiger partial charge in [0.2, 0.25) is 0 Å². The van der Waals surface area contributed by atoms with E-state index in [1.165, 1.54) is 11.3 Å². The summed E-state index contributed by atoms with van der Waals surface area (Å²) in [4.78, 5) is 0. The Morgan fingerprint density at radius 2 is 1.72 bits per heavy atom. The highest BCUT2D eigenvalue weighted by molar-refractivity contribution is 5.51. The van der Waals surface area contributed by atoms with E-state index in [1.807, 2.05) is 7.05 Å². The van der Waals surface area contributed by atoms with Crippen LogP contribution in [0.2, 0.25) is 0 Å². The van der Waals surface area contributed by atoms with Crippen molar-refractivity contribution in [3.05, 3.63) is 29.8 Å². The van der Waals surface area contributed by atoms with Gasteiger partial charge in [0.05, 0.1) is 11.2 Å². The molecular weight excluding hydrogens is 222 g/mol. The summed E-state index contributed by atoms with van der Waals surface area (Å²) >= 11 is 0. The van der Waals surface area contributed by atoms with E-state index in [1.54, 1.807) is 0 Å². The van der Waals surface area contributed by atoms with Crippen molar-refractivity contribution < 1.29 is 4.74 Å². The Morgan fingerprint density at radius 3 is 2.22 bits per heavy atom. The summed E-state index contributed by atoms with van der Waals surface area (Å²) in [6, 6.07) is 8.43. The largest absolute Gasteiger partial charge is 0.388 e. The smallest absolute Gasteiger partial charge is 0.0700 e. The second kappa shape index (κ2) is 5.75. The summed E-state index contributed by atoms with van der Waals surface area (Å²) in [6.07, 6.45) is 1.93. The summed E-state index contributed by atoms with van der Waals surface area (Å²) < 4.78 is 6.25. The van der Waals surface area contributed by atoms with Gasteiger partial charge in [0.25, 0.3) is 0 Å². The lowest BCUT2D eigenvalue weighted by Crippen LogP contribution is -2.38. The van der Waals surface area contributed by atoms with Crippen LogP contribution in [0.5, 0.6) is 0 Å². The molecule has 0 bridgehead atoms. The minimum Gasteiger partial charge on any atom is -0.388 e. The Labute approximate surface area is 112 Å². The molecule has 1 N–H and O–H groups in total. The van der Waals surface area contributed by atoms with Gasteiger partial charge in [-0.15, -0.1) is 0 Å². The molecule has 0 radical (unpaired) electrons. The lowest BCUT2D eigenvalue weighted by atomic mass is 9.91. The van der Waals surface area contributed by atoms with Crippen LogP contribution in [0.3, 0.4) is 0 Å². The second-order valence-electron chi connectivity index (χ2n) is 6.10. The van der Waals surface area contributed by atoms with Crippen molar-refractivity contribution in [1.82, 2.24) is 0 Å². The fourth-order valence-electron chi connectivity index (χ4n) is 2.29. The number of benzene rings is 1. The third-order valence-electron chi connectivity index (χ3n) is 3.15. The van der Waals surface area contributed by atoms with Crippen LogP contribution in [0.15, 0.2) is 24.3 Å². The van der Waals surface area contributed by atoms with E-state index in [2.05, 4.69) is 64.2 Å². The molecule has 2 nitrogen and oxygen atoms in total. The predicted octanol–water partition coefficient (Wildman–Crippen LogP) is 4.25. The van der Waals surface area contributed by atoms with Crippen LogP contribution in [-0.4, -0.2) is 18.2 Å². The maximum Gasteiger partial charge on any atom is 0.0700 e. The zero-order valence-electron chi connectivity index (χ0n) is 12.6. The summed E-state index contributed by atoms with van der Waals surface area (Å²) in [5, 5.41) is 3.25. The number of hydrogen-bond donors (Lipinski definition) is 1. The van der Waals surface area contributed by atoms with Crippen LogP contribution in [0.4, 0.5) is 5.69 Å². The lowest BCUT2D eigenvalue weighted by molar-refractivity contribution is -0.123. The Hall–Kier alpha value is -1.02. The standard InChI is InChI=1S/C16H27NO/c1-7-16(5,18-15(2,3)4)12-13-10-8-9-11-14(13)17-6/h8-11,17H,7,12H2,1-6H3. The highest BCUT2D eigenvalue weighted by Crippen LogP contribution is 2.29. The number of para-hydroxylation sites is 1. The average Bonchev–Trinajstić information content (AvgIpc) is 2.27. The van der Waals surface area contributed by atoms with E-state index in [4.69, 9.17) is 4.74 Å². The van der Waals surface area contributed by atoms with Crippen molar-refractivity contribution in [2.75, 3.05) is 12.4 Å². The first-order valence-corrected chi connectivity index (χ1v) is 6.75. The molecule has 1 unspecified atom stereocenters. The van der Waals surface area contributed by atoms with Gasteiger partial charge in [-0.3, -0.25) is 0 Å². The molecule has 1 atom stereocenters. The van der Waals surface area contributed by atoms with Crippen molar-refractivity contribution in [3.63, 3.8) is 0 Å². The molecule has 0 saturated carbocycles. The van der Waals surface area contributed by atoms with Gasteiger partial charge in [-0.1, -0.05) is 25.1 Å². The molecule has 0 amide bonds. The highest BCUT2D eigenvalue weighted by Gasteiger charge is 2.29. The molecule has 102 valence electrons. The summed E-state index contributed by atoms with van der Waals surface area (Å²) in [6.45, 7) is 10.7. The summed E-state index contributed by atoms with van der Waals surface area (Å²) in [5.74, 6) is 0. The van der Waals surface area contributed by atoms with Gasteiger partial charge in [0.1, 0.15) is 0 Å². The third kappa shape index (κ3) is 4.34. The summed E-state index contributed by atoms with van der Waals surface area (Å²) in [7, 11) is 1.97. The molecule has 0 heterocycles. The SMILES string of the molecule is CCC(C)(Cc1ccccc1NC)OC(C)(C)C. The molecule has 0 aromatic heterocycles. The van der Waals surface area contributed by atoms with Crippen LogP contribution >= 0.6 is 0 Å². The molecule has 1 aromatic carbocycles. The van der Waals surface area contributed by atoms with Crippen LogP contribution in [0.1, 0.15) is 46.6 Å². The zero-order chi connectivity index (χ0) is 13.8. The minimum absolute atomic E-state index is 0.112. The highest BCUT2D eigenvalue weighted by atomic mass is 16.5. The molecule has 0 aliphatic heterocycles. The maximum absolute atomic E-state index is 6.25. The number of anilines is 1. The van der Waals surface area contributed by atoms with Gasteiger partial charge in [0, 0.05) is 19.2 Å². The van der Waals surface area contributed by atoms with Crippen LogP contribution in [0.25, 0.3) is 0 Å². The van der Waals surface area contributed by atoms with Crippen molar-refractivity contribution >= 4 is 5.69 Å². The van der Waals surface area contributed by atoms with Gasteiger partial charge in [-0.25, -0.2) is 0 Å². The number of ether oxygens (including phenoxy) is 1. The Morgan fingerprint density at radius 1 is 1.11 bits per heavy atom. The molecule has 0 aliphatic carbocycles. The first-order valence-electron chi connectivity index (χ1n) is 6.75. The van der Waals surface area contributed by atoms with E-state index < -0.39 is 0 Å². The topological polar surface area (TPSA) is 21.3 Å². The fraction of sp³-hybridized carbons (Fsp3) is 0.625. The number of nitrogens with one attached hydrogen (secondary N) is 1. The Kier molecular flexibility index (Phi) is 4.80. The van der Waals surface area contributed by atoms with Crippen LogP contribution in [-0.2, 0) is 11.2 Å². The quantitative estimate of drug-likeness (QED) is 0.842. The molecule has 1 rings (SSSR count). The van der Waals surface area contributed by atoms with Crippen molar-refractivity contribution in [1.29, 1.82) is 0 Å². The van der Waals surface area contributed by atoms with Gasteiger partial charge in [-0.05, 0) is 45.7 Å². The van der Waals surface area contributed by atoms with Gasteiger partial charge >= 0.3 is 0 Å². The van der Waals surface area contributed by atoms with Crippen LogP contribution in [0, 0.1) is 0 Å². The molecule has 0 saturated heterocycles. The number of rotatable bonds is 5. The van der Waals surface area contributed by atoms with E-state index in [9.17, 15) is 0 Å². The van der Waals surface area contributed by atoms with Crippen molar-refractivity contribution in [2.24, 2.45) is 0 Å². The van der Waals surface area contributed by atoms with Gasteiger partial charge in [-0.2, -0.15) is 0 Å². The Balaban J connectivity index is 2.91. The number of hydrogen-bond acceptors (Lipinski definition) is 2. The molecule has 2 heteroatoms. The maximum atomic E-state index is 6.25. The fourth-order valence-corrected chi connectivity index (χ4v) is 2.29. The third-order valence-corrected chi connectivity index (χ3v) is 3.15. The summed E-state index contributed by atoms with van der Waals surface area (Å²) in [5.41, 5.74) is 2.27. The second-order valence-corrected chi connectivity index (χ2v) is 6.10. The van der Waals surface area contributed by atoms with Crippen molar-refractivity contribution in [3.8, 4) is 0 Å². The molecule has 1 aromatic rings. The average molecular weight is 249 g/mol. The molecule has 18 heavy (non-hydrogen) atoms. The van der Waals surface area contributed by atoms with E-state index in [0.29, 0.717) is 0 Å². The van der Waals surface area contributed by atoms with E-state index in [-0.39, 0.29) is 11.2 Å². The van der Waals surface area contributed by atoms with E-state index in [0.717, 1.165) is 12.8 Å². The predicted molar refractivity (Wildman–Crippen MR) is 79.2 cm³/mol.